The fourth-order valence-corrected chi connectivity index (χ4v) is 2.45. The third-order valence-electron chi connectivity index (χ3n) is 3.79. The maximum atomic E-state index is 3.52. The molecule has 2 rings (SSSR count). The molecule has 0 aliphatic carbocycles. The molecule has 0 fully saturated rings. The molecule has 1 N–H and O–H groups in total. The number of hydrogen-bond donors (Lipinski definition) is 1. The predicted octanol–water partition coefficient (Wildman–Crippen LogP) is 3.32. The zero-order chi connectivity index (χ0) is 14.7. The Bertz CT molecular complexity index is 582. The summed E-state index contributed by atoms with van der Waals surface area (Å²) in [7, 11) is 6.30. The minimum absolute atomic E-state index is 0.874. The molecule has 0 atom stereocenters. The second-order valence-electron chi connectivity index (χ2n) is 5.75. The normalized spacial score (nSPS) is 11.1. The van der Waals surface area contributed by atoms with Gasteiger partial charge in [-0.1, -0.05) is 12.1 Å². The summed E-state index contributed by atoms with van der Waals surface area (Å²) in [6.07, 6.45) is 0. The highest BCUT2D eigenvalue weighted by molar-refractivity contribution is 5.46. The maximum absolute atomic E-state index is 3.52. The van der Waals surface area contributed by atoms with Gasteiger partial charge < -0.3 is 14.8 Å². The van der Waals surface area contributed by atoms with Crippen molar-refractivity contribution in [2.45, 2.75) is 26.9 Å². The third kappa shape index (κ3) is 3.42. The minimum atomic E-state index is 0.874. The van der Waals surface area contributed by atoms with Crippen molar-refractivity contribution in [1.29, 1.82) is 0 Å². The third-order valence-corrected chi connectivity index (χ3v) is 3.79. The first-order valence-electron chi connectivity index (χ1n) is 7.06. The van der Waals surface area contributed by atoms with Crippen LogP contribution in [0.25, 0.3) is 0 Å². The minimum Gasteiger partial charge on any atom is -0.381 e. The molecule has 2 aromatic rings. The molecule has 0 aliphatic rings. The van der Waals surface area contributed by atoms with Gasteiger partial charge in [0.25, 0.3) is 0 Å². The quantitative estimate of drug-likeness (QED) is 0.900. The summed E-state index contributed by atoms with van der Waals surface area (Å²) in [5.74, 6) is 0. The van der Waals surface area contributed by atoms with Gasteiger partial charge in [-0.05, 0) is 57.3 Å². The van der Waals surface area contributed by atoms with Crippen LogP contribution in [0.1, 0.15) is 22.5 Å². The number of aryl methyl sites for hydroxylation is 1. The first-order chi connectivity index (χ1) is 9.47. The van der Waals surface area contributed by atoms with Crippen LogP contribution in [0.4, 0.5) is 5.69 Å². The first-order valence-corrected chi connectivity index (χ1v) is 7.06. The average molecular weight is 271 g/mol. The van der Waals surface area contributed by atoms with E-state index in [0.29, 0.717) is 0 Å². The molecule has 1 aromatic heterocycles. The van der Waals surface area contributed by atoms with Gasteiger partial charge in [0.1, 0.15) is 0 Å². The Morgan fingerprint density at radius 2 is 1.90 bits per heavy atom. The standard InChI is InChI=1S/C17H25N3/c1-13-9-16(14(2)20(13)5)11-18-17-8-6-7-15(10-17)12-19(3)4/h6-10,18H,11-12H2,1-5H3. The molecule has 0 unspecified atom stereocenters. The number of rotatable bonds is 5. The van der Waals surface area contributed by atoms with Gasteiger partial charge in [0.15, 0.2) is 0 Å². The zero-order valence-electron chi connectivity index (χ0n) is 13.2. The molecular formula is C17H25N3. The predicted molar refractivity (Wildman–Crippen MR) is 86.0 cm³/mol. The van der Waals surface area contributed by atoms with Crippen molar-refractivity contribution in [3.05, 3.63) is 52.8 Å². The van der Waals surface area contributed by atoms with Crippen LogP contribution in [0.3, 0.4) is 0 Å². The van der Waals surface area contributed by atoms with Crippen LogP contribution in [-0.4, -0.2) is 23.6 Å². The SMILES string of the molecule is Cc1cc(CNc2cccc(CN(C)C)c2)c(C)n1C. The molecule has 0 spiro atoms. The number of anilines is 1. The fourth-order valence-electron chi connectivity index (χ4n) is 2.45. The topological polar surface area (TPSA) is 20.2 Å². The van der Waals surface area contributed by atoms with Crippen molar-refractivity contribution in [3.8, 4) is 0 Å². The Morgan fingerprint density at radius 3 is 2.50 bits per heavy atom. The number of nitrogens with zero attached hydrogens (tertiary/aromatic N) is 2. The molecule has 1 heterocycles. The average Bonchev–Trinajstić information content (AvgIpc) is 2.64. The largest absolute Gasteiger partial charge is 0.381 e. The summed E-state index contributed by atoms with van der Waals surface area (Å²) in [6.45, 7) is 6.17. The van der Waals surface area contributed by atoms with E-state index in [1.165, 1.54) is 28.2 Å². The Labute approximate surface area is 122 Å². The lowest BCUT2D eigenvalue weighted by molar-refractivity contribution is 0.402. The summed E-state index contributed by atoms with van der Waals surface area (Å²) in [4.78, 5) is 2.18. The molecular weight excluding hydrogens is 246 g/mol. The molecule has 108 valence electrons. The monoisotopic (exact) mass is 271 g/mol. The lowest BCUT2D eigenvalue weighted by Gasteiger charge is -2.12. The van der Waals surface area contributed by atoms with Crippen LogP contribution in [0.2, 0.25) is 0 Å². The number of aromatic nitrogens is 1. The summed E-state index contributed by atoms with van der Waals surface area (Å²) in [6, 6.07) is 10.9. The Kier molecular flexibility index (Phi) is 4.50. The van der Waals surface area contributed by atoms with Gasteiger partial charge in [0.05, 0.1) is 0 Å². The van der Waals surface area contributed by atoms with Crippen LogP contribution in [-0.2, 0) is 20.1 Å². The van der Waals surface area contributed by atoms with Crippen molar-refractivity contribution in [2.75, 3.05) is 19.4 Å². The molecule has 1 aromatic carbocycles. The van der Waals surface area contributed by atoms with Gasteiger partial charge in [-0.15, -0.1) is 0 Å². The Hall–Kier alpha value is -1.74. The van der Waals surface area contributed by atoms with Crippen LogP contribution in [0.15, 0.2) is 30.3 Å². The lowest BCUT2D eigenvalue weighted by Crippen LogP contribution is -2.10. The highest BCUT2D eigenvalue weighted by Gasteiger charge is 2.05. The van der Waals surface area contributed by atoms with Crippen molar-refractivity contribution >= 4 is 5.69 Å². The van der Waals surface area contributed by atoms with Crippen molar-refractivity contribution in [3.63, 3.8) is 0 Å². The van der Waals surface area contributed by atoms with E-state index in [0.717, 1.165) is 13.1 Å². The van der Waals surface area contributed by atoms with Gasteiger partial charge in [-0.2, -0.15) is 0 Å². The van der Waals surface area contributed by atoms with E-state index in [1.54, 1.807) is 0 Å². The number of hydrogen-bond acceptors (Lipinski definition) is 2. The highest BCUT2D eigenvalue weighted by Crippen LogP contribution is 2.17. The van der Waals surface area contributed by atoms with Crippen molar-refractivity contribution < 1.29 is 0 Å². The maximum Gasteiger partial charge on any atom is 0.0418 e. The van der Waals surface area contributed by atoms with Gasteiger partial charge in [-0.25, -0.2) is 0 Å². The molecule has 0 saturated heterocycles. The Balaban J connectivity index is 2.05. The van der Waals surface area contributed by atoms with Gasteiger partial charge in [0.2, 0.25) is 0 Å². The van der Waals surface area contributed by atoms with E-state index < -0.39 is 0 Å². The highest BCUT2D eigenvalue weighted by atomic mass is 15.0. The van der Waals surface area contributed by atoms with E-state index in [2.05, 4.69) is 80.1 Å². The summed E-state index contributed by atoms with van der Waals surface area (Å²) in [5.41, 5.74) is 6.52. The summed E-state index contributed by atoms with van der Waals surface area (Å²) < 4.78 is 2.24. The van der Waals surface area contributed by atoms with Crippen LogP contribution < -0.4 is 5.32 Å². The van der Waals surface area contributed by atoms with Crippen molar-refractivity contribution in [1.82, 2.24) is 9.47 Å². The molecule has 3 nitrogen and oxygen atoms in total. The van der Waals surface area contributed by atoms with Crippen LogP contribution in [0.5, 0.6) is 0 Å². The van der Waals surface area contributed by atoms with Gasteiger partial charge in [-0.3, -0.25) is 0 Å². The molecule has 0 amide bonds. The molecule has 20 heavy (non-hydrogen) atoms. The fraction of sp³-hybridized carbons (Fsp3) is 0.412. The zero-order valence-corrected chi connectivity index (χ0v) is 13.2. The molecule has 0 radical (unpaired) electrons. The van der Waals surface area contributed by atoms with E-state index in [4.69, 9.17) is 0 Å². The van der Waals surface area contributed by atoms with E-state index in [9.17, 15) is 0 Å². The molecule has 0 saturated carbocycles. The van der Waals surface area contributed by atoms with E-state index >= 15 is 0 Å². The number of benzene rings is 1. The molecule has 0 aliphatic heterocycles. The van der Waals surface area contributed by atoms with Crippen LogP contribution in [0, 0.1) is 13.8 Å². The molecule has 0 bridgehead atoms. The van der Waals surface area contributed by atoms with Crippen molar-refractivity contribution in [2.24, 2.45) is 7.05 Å². The van der Waals surface area contributed by atoms with E-state index in [-0.39, 0.29) is 0 Å². The first kappa shape index (κ1) is 14.7. The van der Waals surface area contributed by atoms with Gasteiger partial charge in [0, 0.05) is 37.2 Å². The van der Waals surface area contributed by atoms with Crippen LogP contribution >= 0.6 is 0 Å². The summed E-state index contributed by atoms with van der Waals surface area (Å²) >= 11 is 0. The lowest BCUT2D eigenvalue weighted by atomic mass is 10.2. The van der Waals surface area contributed by atoms with E-state index in [1.807, 2.05) is 0 Å². The number of nitrogens with one attached hydrogen (secondary N) is 1. The summed E-state index contributed by atoms with van der Waals surface area (Å²) in [5, 5.41) is 3.52. The Morgan fingerprint density at radius 1 is 1.15 bits per heavy atom. The second kappa shape index (κ2) is 6.14. The second-order valence-corrected chi connectivity index (χ2v) is 5.75. The van der Waals surface area contributed by atoms with Gasteiger partial charge >= 0.3 is 0 Å². The molecule has 3 heteroatoms. The smallest absolute Gasteiger partial charge is 0.0418 e.